The molecule has 8 heteroatoms. The summed E-state index contributed by atoms with van der Waals surface area (Å²) in [6, 6.07) is 8.40. The van der Waals surface area contributed by atoms with Crippen LogP contribution in [-0.4, -0.2) is 35.6 Å². The first-order valence-electron chi connectivity index (χ1n) is 8.01. The molecule has 0 fully saturated rings. The molecular weight excluding hydrogens is 356 g/mol. The van der Waals surface area contributed by atoms with Crippen LogP contribution in [0.4, 0.5) is 0 Å². The average Bonchev–Trinajstić information content (AvgIpc) is 2.60. The van der Waals surface area contributed by atoms with Gasteiger partial charge in [0.05, 0.1) is 15.8 Å². The molecule has 0 bridgehead atoms. The molecule has 1 aliphatic rings. The lowest BCUT2D eigenvalue weighted by molar-refractivity contribution is 0.0928. The number of nitrogens with zero attached hydrogens (tertiary/aromatic N) is 2. The molecule has 1 atom stereocenters. The van der Waals surface area contributed by atoms with E-state index in [0.717, 1.165) is 16.5 Å². The highest BCUT2D eigenvalue weighted by atomic mass is 32.2. The number of benzene rings is 2. The van der Waals surface area contributed by atoms with Crippen molar-refractivity contribution in [2.45, 2.75) is 24.3 Å². The fourth-order valence-corrected chi connectivity index (χ4v) is 3.81. The summed E-state index contributed by atoms with van der Waals surface area (Å²) >= 11 is 0. The Morgan fingerprint density at radius 2 is 2.12 bits per heavy atom. The monoisotopic (exact) mass is 372 g/mol. The van der Waals surface area contributed by atoms with E-state index in [4.69, 9.17) is 9.47 Å². The minimum atomic E-state index is -4.31. The van der Waals surface area contributed by atoms with E-state index in [9.17, 15) is 13.0 Å². The second kappa shape index (κ2) is 6.22. The third-order valence-corrected chi connectivity index (χ3v) is 5.21. The average molecular weight is 372 g/mol. The number of rotatable bonds is 3. The molecule has 2 heterocycles. The molecule has 0 saturated carbocycles. The maximum absolute atomic E-state index is 11.6. The summed E-state index contributed by atoms with van der Waals surface area (Å²) in [6.07, 6.45) is 2.99. The lowest BCUT2D eigenvalue weighted by Gasteiger charge is -2.27. The van der Waals surface area contributed by atoms with Crippen LogP contribution in [-0.2, 0) is 16.5 Å². The van der Waals surface area contributed by atoms with Crippen molar-refractivity contribution < 1.29 is 22.4 Å². The van der Waals surface area contributed by atoms with Gasteiger partial charge >= 0.3 is 0 Å². The van der Waals surface area contributed by atoms with Gasteiger partial charge in [0, 0.05) is 12.6 Å². The molecule has 134 valence electrons. The Labute approximate surface area is 150 Å². The number of aromatic nitrogens is 2. The minimum absolute atomic E-state index is 0.112. The van der Waals surface area contributed by atoms with E-state index < -0.39 is 16.2 Å². The predicted octanol–water partition coefficient (Wildman–Crippen LogP) is 2.57. The van der Waals surface area contributed by atoms with Crippen molar-refractivity contribution in [3.05, 3.63) is 54.0 Å². The first kappa shape index (κ1) is 16.7. The summed E-state index contributed by atoms with van der Waals surface area (Å²) in [7, 11) is -4.31. The number of ether oxygens (including phenoxy) is 2. The lowest BCUT2D eigenvalue weighted by atomic mass is 10.0. The van der Waals surface area contributed by atoms with Gasteiger partial charge in [0.15, 0.2) is 11.5 Å². The van der Waals surface area contributed by atoms with Gasteiger partial charge < -0.3 is 9.47 Å². The van der Waals surface area contributed by atoms with Gasteiger partial charge in [0.1, 0.15) is 19.0 Å². The third kappa shape index (κ3) is 3.09. The van der Waals surface area contributed by atoms with Crippen LogP contribution in [0.15, 0.2) is 47.8 Å². The van der Waals surface area contributed by atoms with Gasteiger partial charge in [-0.1, -0.05) is 17.7 Å². The van der Waals surface area contributed by atoms with Crippen LogP contribution in [0.1, 0.15) is 11.1 Å². The van der Waals surface area contributed by atoms with Crippen LogP contribution >= 0.6 is 0 Å². The molecule has 0 radical (unpaired) electrons. The summed E-state index contributed by atoms with van der Waals surface area (Å²) in [5.74, 6) is 1.14. The SMILES string of the molecule is Cc1ccc(S(=O)(=O)O)c(C[C@@H]2COc3ccc4ncncc4c3O2)c1. The molecule has 1 aromatic heterocycles. The van der Waals surface area contributed by atoms with Crippen LogP contribution in [0.5, 0.6) is 11.5 Å². The Kier molecular flexibility index (Phi) is 4.01. The van der Waals surface area contributed by atoms with Gasteiger partial charge in [-0.25, -0.2) is 9.97 Å². The Hall–Kier alpha value is -2.71. The van der Waals surface area contributed by atoms with E-state index in [1.54, 1.807) is 24.4 Å². The van der Waals surface area contributed by atoms with Gasteiger partial charge in [-0.05, 0) is 30.7 Å². The molecule has 1 N–H and O–H groups in total. The van der Waals surface area contributed by atoms with Crippen LogP contribution < -0.4 is 9.47 Å². The second-order valence-electron chi connectivity index (χ2n) is 6.19. The Morgan fingerprint density at radius 3 is 2.92 bits per heavy atom. The number of hydrogen-bond acceptors (Lipinski definition) is 6. The zero-order valence-electron chi connectivity index (χ0n) is 13.9. The smallest absolute Gasteiger partial charge is 0.294 e. The molecule has 0 spiro atoms. The van der Waals surface area contributed by atoms with E-state index in [-0.39, 0.29) is 17.9 Å². The summed E-state index contributed by atoms with van der Waals surface area (Å²) in [6.45, 7) is 2.13. The van der Waals surface area contributed by atoms with Gasteiger partial charge in [-0.3, -0.25) is 4.55 Å². The summed E-state index contributed by atoms with van der Waals surface area (Å²) in [5.41, 5.74) is 2.11. The van der Waals surface area contributed by atoms with E-state index >= 15 is 0 Å². The van der Waals surface area contributed by atoms with E-state index in [1.807, 2.05) is 13.0 Å². The van der Waals surface area contributed by atoms with Crippen molar-refractivity contribution in [1.82, 2.24) is 9.97 Å². The molecule has 2 aromatic carbocycles. The lowest BCUT2D eigenvalue weighted by Crippen LogP contribution is -2.31. The van der Waals surface area contributed by atoms with Gasteiger partial charge in [0.25, 0.3) is 10.1 Å². The molecule has 0 unspecified atom stereocenters. The van der Waals surface area contributed by atoms with Crippen molar-refractivity contribution in [2.24, 2.45) is 0 Å². The molecule has 4 rings (SSSR count). The quantitative estimate of drug-likeness (QED) is 0.706. The molecule has 26 heavy (non-hydrogen) atoms. The molecule has 0 saturated heterocycles. The summed E-state index contributed by atoms with van der Waals surface area (Å²) in [5, 5.41) is 0.731. The van der Waals surface area contributed by atoms with Crippen LogP contribution in [0.25, 0.3) is 10.9 Å². The molecule has 7 nitrogen and oxygen atoms in total. The van der Waals surface area contributed by atoms with E-state index in [1.165, 1.54) is 12.4 Å². The first-order chi connectivity index (χ1) is 12.4. The molecule has 0 amide bonds. The fourth-order valence-electron chi connectivity index (χ4n) is 3.09. The maximum atomic E-state index is 11.6. The number of fused-ring (bicyclic) bond motifs is 3. The first-order valence-corrected chi connectivity index (χ1v) is 9.45. The summed E-state index contributed by atoms with van der Waals surface area (Å²) < 4.78 is 44.6. The highest BCUT2D eigenvalue weighted by molar-refractivity contribution is 7.85. The minimum Gasteiger partial charge on any atom is -0.486 e. The zero-order chi connectivity index (χ0) is 18.3. The summed E-state index contributed by atoms with van der Waals surface area (Å²) in [4.78, 5) is 8.11. The van der Waals surface area contributed by atoms with E-state index in [0.29, 0.717) is 17.1 Å². The molecule has 0 aliphatic carbocycles. The van der Waals surface area contributed by atoms with Crippen LogP contribution in [0, 0.1) is 6.92 Å². The highest BCUT2D eigenvalue weighted by Crippen LogP contribution is 2.38. The number of aryl methyl sites for hydroxylation is 1. The largest absolute Gasteiger partial charge is 0.486 e. The van der Waals surface area contributed by atoms with Crippen LogP contribution in [0.2, 0.25) is 0 Å². The number of hydrogen-bond donors (Lipinski definition) is 1. The standard InChI is InChI=1S/C18H16N2O5S/c1-11-2-5-17(26(21,22)23)12(6-11)7-13-9-24-16-4-3-15-14(18(16)25-13)8-19-10-20-15/h2-6,8,10,13H,7,9H2,1H3,(H,21,22,23)/t13-/m1/s1. The van der Waals surface area contributed by atoms with E-state index in [2.05, 4.69) is 9.97 Å². The van der Waals surface area contributed by atoms with Crippen molar-refractivity contribution in [2.75, 3.05) is 6.61 Å². The highest BCUT2D eigenvalue weighted by Gasteiger charge is 2.26. The zero-order valence-corrected chi connectivity index (χ0v) is 14.7. The topological polar surface area (TPSA) is 98.6 Å². The fraction of sp³-hybridized carbons (Fsp3) is 0.222. The molecule has 3 aromatic rings. The van der Waals surface area contributed by atoms with Crippen molar-refractivity contribution >= 4 is 21.0 Å². The van der Waals surface area contributed by atoms with Crippen LogP contribution in [0.3, 0.4) is 0 Å². The Balaban J connectivity index is 1.69. The van der Waals surface area contributed by atoms with Crippen molar-refractivity contribution in [3.63, 3.8) is 0 Å². The van der Waals surface area contributed by atoms with Crippen molar-refractivity contribution in [3.8, 4) is 11.5 Å². The van der Waals surface area contributed by atoms with Crippen molar-refractivity contribution in [1.29, 1.82) is 0 Å². The second-order valence-corrected chi connectivity index (χ2v) is 7.58. The normalized spacial score (nSPS) is 16.6. The Morgan fingerprint density at radius 1 is 1.27 bits per heavy atom. The maximum Gasteiger partial charge on any atom is 0.294 e. The van der Waals surface area contributed by atoms with Gasteiger partial charge in [-0.2, -0.15) is 8.42 Å². The van der Waals surface area contributed by atoms with Gasteiger partial charge in [-0.15, -0.1) is 0 Å². The molecular formula is C18H16N2O5S. The predicted molar refractivity (Wildman–Crippen MR) is 94.1 cm³/mol. The van der Waals surface area contributed by atoms with Gasteiger partial charge in [0.2, 0.25) is 0 Å². The molecule has 1 aliphatic heterocycles. The Bertz CT molecular complexity index is 1100. The third-order valence-electron chi connectivity index (χ3n) is 4.25.